The van der Waals surface area contributed by atoms with Crippen molar-refractivity contribution < 1.29 is 70.3 Å². The Bertz CT molecular complexity index is 3010. The molecule has 0 saturated carbocycles. The lowest BCUT2D eigenvalue weighted by molar-refractivity contribution is 0.0687. The van der Waals surface area contributed by atoms with Gasteiger partial charge in [0.05, 0.1) is 37.7 Å². The van der Waals surface area contributed by atoms with E-state index in [1.807, 2.05) is 0 Å². The van der Waals surface area contributed by atoms with Crippen molar-refractivity contribution in [3.63, 3.8) is 0 Å². The summed E-state index contributed by atoms with van der Waals surface area (Å²) in [5.41, 5.74) is 2.09. The minimum absolute atomic E-state index is 0.0413. The van der Waals surface area contributed by atoms with Crippen LogP contribution in [0.25, 0.3) is 21.5 Å². The topological polar surface area (TPSA) is 391 Å². The highest BCUT2D eigenvalue weighted by Gasteiger charge is 2.31. The SMILES string of the molecule is Nc1c(N=Nc2cc(Cl)ccc2C(=O)O)cc(S(=O)(=O)O)c2cc(S(O)(O)O)c(N=Nc3ccc4cc(S(O)(O)O)c(N=Nc5ccccc5C(=O)O)c(O)c4c3)c(O)c12. The molecule has 312 valence electrons. The summed E-state index contributed by atoms with van der Waals surface area (Å²) in [5, 5.41) is 63.3. The summed E-state index contributed by atoms with van der Waals surface area (Å²) in [6.45, 7) is 0. The molecule has 0 bridgehead atoms. The van der Waals surface area contributed by atoms with Gasteiger partial charge in [-0.15, -0.1) is 25.6 Å². The Kier molecular flexibility index (Phi) is 11.5. The lowest BCUT2D eigenvalue weighted by Gasteiger charge is -2.23. The number of anilines is 1. The van der Waals surface area contributed by atoms with E-state index in [-0.39, 0.29) is 44.0 Å². The Morgan fingerprint density at radius 2 is 1.13 bits per heavy atom. The Labute approximate surface area is 343 Å². The molecule has 13 N–H and O–H groups in total. The van der Waals surface area contributed by atoms with Crippen LogP contribution in [0.15, 0.2) is 124 Å². The van der Waals surface area contributed by atoms with Gasteiger partial charge in [0.15, 0.2) is 11.5 Å². The number of phenolic OH excluding ortho intramolecular Hbond substituents is 2. The van der Waals surface area contributed by atoms with Crippen LogP contribution < -0.4 is 5.73 Å². The first kappa shape index (κ1) is 43.2. The maximum absolute atomic E-state index is 12.6. The van der Waals surface area contributed by atoms with Crippen LogP contribution in [0.2, 0.25) is 5.02 Å². The van der Waals surface area contributed by atoms with Crippen molar-refractivity contribution in [1.29, 1.82) is 0 Å². The maximum Gasteiger partial charge on any atom is 0.337 e. The highest BCUT2D eigenvalue weighted by molar-refractivity contribution is 8.19. The van der Waals surface area contributed by atoms with Crippen LogP contribution in [0.1, 0.15) is 20.7 Å². The number of carboxylic acids is 2. The largest absolute Gasteiger partial charge is 0.505 e. The Morgan fingerprint density at radius 1 is 0.567 bits per heavy atom. The van der Waals surface area contributed by atoms with Crippen LogP contribution in [0.3, 0.4) is 0 Å². The number of phenols is 2. The van der Waals surface area contributed by atoms with Gasteiger partial charge in [0, 0.05) is 15.8 Å². The van der Waals surface area contributed by atoms with Gasteiger partial charge in [-0.1, -0.05) is 29.8 Å². The molecule has 0 saturated heterocycles. The summed E-state index contributed by atoms with van der Waals surface area (Å²) >= 11 is 5.97. The van der Waals surface area contributed by atoms with E-state index in [1.54, 1.807) is 0 Å². The average molecular weight is 904 g/mol. The number of nitrogen functional groups attached to an aromatic ring is 1. The van der Waals surface area contributed by atoms with Gasteiger partial charge in [0.1, 0.15) is 55.1 Å². The molecule has 0 heterocycles. The van der Waals surface area contributed by atoms with E-state index in [1.165, 1.54) is 42.5 Å². The quantitative estimate of drug-likeness (QED) is 0.0326. The molecule has 6 rings (SSSR count). The van der Waals surface area contributed by atoms with Crippen molar-refractivity contribution in [1.82, 2.24) is 0 Å². The highest BCUT2D eigenvalue weighted by Crippen LogP contribution is 2.57. The maximum atomic E-state index is 12.6. The van der Waals surface area contributed by atoms with E-state index in [4.69, 9.17) is 17.3 Å². The van der Waals surface area contributed by atoms with Crippen LogP contribution >= 0.6 is 33.3 Å². The number of azo groups is 3. The van der Waals surface area contributed by atoms with Gasteiger partial charge in [0.2, 0.25) is 0 Å². The molecule has 6 aromatic rings. The Balaban J connectivity index is 1.53. The molecule has 26 heteroatoms. The molecule has 6 aromatic carbocycles. The molecule has 0 aromatic heterocycles. The van der Waals surface area contributed by atoms with Gasteiger partial charge in [-0.25, -0.2) is 9.59 Å². The van der Waals surface area contributed by atoms with Gasteiger partial charge in [0.25, 0.3) is 10.1 Å². The predicted octanol–water partition coefficient (Wildman–Crippen LogP) is 10.7. The van der Waals surface area contributed by atoms with Crippen LogP contribution in [0, 0.1) is 0 Å². The number of aromatic hydroxyl groups is 2. The Morgan fingerprint density at radius 3 is 1.77 bits per heavy atom. The molecule has 0 atom stereocenters. The van der Waals surface area contributed by atoms with Crippen molar-refractivity contribution >= 4 is 117 Å². The standard InChI is InChI=1S/C34H26ClN7O15S3/c35-15-6-8-18(34(47)48)22(10-15)39-40-23-13-24(58(49,50)51)20-12-26(60(55,56)57)30(32(44)27(20)28(23)36)41-37-16-7-5-14-9-25(59(52,53)54)29(31(43)19(14)11-16)42-38-21-4-2-1-3-17(21)33(45)46/h1-13,43-44,52-57H,36H2,(H,45,46)(H,47,48)(H,49,50,51). The van der Waals surface area contributed by atoms with Crippen LogP contribution in [0.4, 0.5) is 39.8 Å². The highest BCUT2D eigenvalue weighted by atomic mass is 35.5. The number of fused-ring (bicyclic) bond motifs is 2. The summed E-state index contributed by atoms with van der Waals surface area (Å²) in [6.07, 6.45) is 0. The van der Waals surface area contributed by atoms with E-state index in [0.29, 0.717) is 12.1 Å². The van der Waals surface area contributed by atoms with E-state index in [2.05, 4.69) is 30.7 Å². The van der Waals surface area contributed by atoms with Crippen molar-refractivity contribution in [2.24, 2.45) is 30.7 Å². The minimum Gasteiger partial charge on any atom is -0.505 e. The first-order valence-corrected chi connectivity index (χ1v) is 20.8. The molecule has 60 heavy (non-hydrogen) atoms. The van der Waals surface area contributed by atoms with Crippen molar-refractivity contribution in [3.05, 3.63) is 95.0 Å². The summed E-state index contributed by atoms with van der Waals surface area (Å²) in [5.74, 6) is -4.80. The molecule has 0 amide bonds. The molecular formula is C34H26ClN7O15S3. The zero-order valence-electron chi connectivity index (χ0n) is 29.4. The van der Waals surface area contributed by atoms with Gasteiger partial charge >= 0.3 is 11.9 Å². The third kappa shape index (κ3) is 8.66. The van der Waals surface area contributed by atoms with E-state index in [9.17, 15) is 70.3 Å². The molecule has 22 nitrogen and oxygen atoms in total. The number of halogens is 1. The van der Waals surface area contributed by atoms with Crippen LogP contribution in [0.5, 0.6) is 11.5 Å². The molecule has 0 aliphatic carbocycles. The monoisotopic (exact) mass is 903 g/mol. The second kappa shape index (κ2) is 16.0. The normalized spacial score (nSPS) is 13.3. The predicted molar refractivity (Wildman–Crippen MR) is 217 cm³/mol. The lowest BCUT2D eigenvalue weighted by Crippen LogP contribution is -2.03. The molecule has 0 aliphatic heterocycles. The van der Waals surface area contributed by atoms with Crippen molar-refractivity contribution in [3.8, 4) is 11.5 Å². The third-order valence-electron chi connectivity index (χ3n) is 8.34. The molecule has 0 fully saturated rings. The first-order valence-electron chi connectivity index (χ1n) is 16.0. The summed E-state index contributed by atoms with van der Waals surface area (Å²) < 4.78 is 96.8. The smallest absolute Gasteiger partial charge is 0.337 e. The average Bonchev–Trinajstić information content (AvgIpc) is 3.15. The number of aromatic carboxylic acids is 2. The number of nitrogens with two attached hydrogens (primary N) is 1. The summed E-state index contributed by atoms with van der Waals surface area (Å²) in [7, 11) is -14.8. The summed E-state index contributed by atoms with van der Waals surface area (Å²) in [4.78, 5) is 20.6. The van der Waals surface area contributed by atoms with Crippen LogP contribution in [-0.2, 0) is 10.1 Å². The fourth-order valence-corrected chi connectivity index (χ4v) is 7.86. The fourth-order valence-electron chi connectivity index (χ4n) is 5.64. The van der Waals surface area contributed by atoms with Gasteiger partial charge < -0.3 is 53.5 Å². The molecular weight excluding hydrogens is 878 g/mol. The Hall–Kier alpha value is -6.36. The number of nitrogens with zero attached hydrogens (tertiary/aromatic N) is 6. The van der Waals surface area contributed by atoms with Gasteiger partial charge in [-0.3, -0.25) is 4.55 Å². The number of benzene rings is 6. The number of hydrogen-bond acceptors (Lipinski definition) is 19. The number of carboxylic acid groups (broad SMARTS) is 2. The minimum atomic E-state index is -5.28. The second-order valence-electron chi connectivity index (χ2n) is 12.2. The van der Waals surface area contributed by atoms with Crippen molar-refractivity contribution in [2.45, 2.75) is 14.7 Å². The number of hydrogen-bond donors (Lipinski definition) is 12. The summed E-state index contributed by atoms with van der Waals surface area (Å²) in [6, 6.07) is 14.7. The second-order valence-corrected chi connectivity index (χ2v) is 17.0. The van der Waals surface area contributed by atoms with Gasteiger partial charge in [-0.05, 0) is 66.0 Å². The molecule has 0 unspecified atom stereocenters. The van der Waals surface area contributed by atoms with E-state index >= 15 is 0 Å². The lowest BCUT2D eigenvalue weighted by atomic mass is 10.0. The zero-order valence-corrected chi connectivity index (χ0v) is 32.6. The number of carbonyl (C=O) groups is 2. The van der Waals surface area contributed by atoms with Crippen molar-refractivity contribution in [2.75, 3.05) is 5.73 Å². The molecule has 0 aliphatic rings. The number of rotatable bonds is 11. The van der Waals surface area contributed by atoms with Gasteiger partial charge in [-0.2, -0.15) is 13.5 Å². The zero-order chi connectivity index (χ0) is 44.1. The third-order valence-corrected chi connectivity index (χ3v) is 11.3. The fraction of sp³-hybridized carbons (Fsp3) is 0. The van der Waals surface area contributed by atoms with E-state index < -0.39 is 104 Å². The molecule has 0 spiro atoms. The van der Waals surface area contributed by atoms with Crippen LogP contribution in [-0.4, -0.2) is 72.7 Å². The first-order chi connectivity index (χ1) is 28.0. The molecule has 0 radical (unpaired) electrons. The van der Waals surface area contributed by atoms with E-state index in [0.717, 1.165) is 24.3 Å².